The van der Waals surface area contributed by atoms with Crippen molar-refractivity contribution in [3.63, 3.8) is 0 Å². The van der Waals surface area contributed by atoms with Gasteiger partial charge in [0.15, 0.2) is 0 Å². The van der Waals surface area contributed by atoms with Gasteiger partial charge in [-0.3, -0.25) is 0 Å². The fourth-order valence-corrected chi connectivity index (χ4v) is 1.95. The van der Waals surface area contributed by atoms with E-state index in [0.29, 0.717) is 5.92 Å². The quantitative estimate of drug-likeness (QED) is 0.673. The fraction of sp³-hybridized carbons (Fsp3) is 0.867. The van der Waals surface area contributed by atoms with Gasteiger partial charge < -0.3 is 15.7 Å². The lowest BCUT2D eigenvalue weighted by molar-refractivity contribution is -0.141. The molecule has 0 saturated carbocycles. The minimum absolute atomic E-state index is 0.0446. The van der Waals surface area contributed by atoms with Gasteiger partial charge >= 0.3 is 12.0 Å². The first-order chi connectivity index (χ1) is 9.04. The number of amides is 2. The first kappa shape index (κ1) is 18.7. The van der Waals surface area contributed by atoms with Crippen LogP contribution in [0.2, 0.25) is 0 Å². The number of carbonyl (C=O) groups excluding carboxylic acids is 1. The van der Waals surface area contributed by atoms with Crippen LogP contribution in [0, 0.1) is 11.3 Å². The third-order valence-electron chi connectivity index (χ3n) is 3.18. The highest BCUT2D eigenvalue weighted by Crippen LogP contribution is 2.19. The average molecular weight is 286 g/mol. The number of nitrogens with one attached hydrogen (secondary N) is 2. The summed E-state index contributed by atoms with van der Waals surface area (Å²) in [6.07, 6.45) is 3.09. The van der Waals surface area contributed by atoms with Crippen molar-refractivity contribution >= 4 is 12.0 Å². The zero-order valence-corrected chi connectivity index (χ0v) is 13.6. The molecule has 0 aliphatic heterocycles. The summed E-state index contributed by atoms with van der Waals surface area (Å²) >= 11 is 0. The summed E-state index contributed by atoms with van der Waals surface area (Å²) in [6, 6.07) is -1.27. The molecule has 1 unspecified atom stereocenters. The van der Waals surface area contributed by atoms with Crippen LogP contribution in [0.5, 0.6) is 0 Å². The Balaban J connectivity index is 4.23. The number of carboxylic acid groups (broad SMARTS) is 1. The molecule has 20 heavy (non-hydrogen) atoms. The molecule has 0 spiro atoms. The smallest absolute Gasteiger partial charge is 0.326 e. The van der Waals surface area contributed by atoms with Crippen LogP contribution in [0.4, 0.5) is 4.79 Å². The van der Waals surface area contributed by atoms with Crippen molar-refractivity contribution in [3.05, 3.63) is 0 Å². The predicted octanol–water partition coefficient (Wildman–Crippen LogP) is 3.00. The molecule has 0 rings (SSSR count). The summed E-state index contributed by atoms with van der Waals surface area (Å²) in [6.45, 7) is 11.7. The molecule has 2 atom stereocenters. The summed E-state index contributed by atoms with van der Waals surface area (Å²) in [7, 11) is 0. The van der Waals surface area contributed by atoms with Crippen molar-refractivity contribution in [1.29, 1.82) is 0 Å². The molecule has 0 heterocycles. The maximum absolute atomic E-state index is 11.8. The van der Waals surface area contributed by atoms with Gasteiger partial charge in [0.2, 0.25) is 0 Å². The van der Waals surface area contributed by atoms with Crippen LogP contribution in [0.1, 0.15) is 60.8 Å². The molecule has 0 aliphatic rings. The Morgan fingerprint density at radius 2 is 1.60 bits per heavy atom. The van der Waals surface area contributed by atoms with Gasteiger partial charge in [0.1, 0.15) is 6.04 Å². The van der Waals surface area contributed by atoms with Crippen LogP contribution in [-0.4, -0.2) is 29.2 Å². The Labute approximate surface area is 122 Å². The minimum Gasteiger partial charge on any atom is -0.480 e. The molecular formula is C15H30N2O3. The van der Waals surface area contributed by atoms with E-state index in [1.807, 2.05) is 6.92 Å². The second-order valence-electron chi connectivity index (χ2n) is 6.98. The van der Waals surface area contributed by atoms with Crippen LogP contribution < -0.4 is 10.6 Å². The van der Waals surface area contributed by atoms with Crippen molar-refractivity contribution < 1.29 is 14.7 Å². The van der Waals surface area contributed by atoms with Gasteiger partial charge in [-0.05, 0) is 24.7 Å². The summed E-state index contributed by atoms with van der Waals surface area (Å²) in [5, 5.41) is 14.5. The zero-order valence-electron chi connectivity index (χ0n) is 13.6. The Morgan fingerprint density at radius 1 is 1.05 bits per heavy atom. The van der Waals surface area contributed by atoms with Gasteiger partial charge in [0, 0.05) is 6.04 Å². The lowest BCUT2D eigenvalue weighted by atomic mass is 9.87. The SMILES string of the molecule is CC(C)CCCC(C)NC(=O)N[C@H](C(=O)O)C(C)(C)C. The fourth-order valence-electron chi connectivity index (χ4n) is 1.95. The number of rotatable bonds is 7. The molecule has 0 saturated heterocycles. The third kappa shape index (κ3) is 8.02. The molecule has 0 radical (unpaired) electrons. The number of urea groups is 1. The van der Waals surface area contributed by atoms with E-state index in [9.17, 15) is 9.59 Å². The zero-order chi connectivity index (χ0) is 15.9. The van der Waals surface area contributed by atoms with Gasteiger partial charge in [0.25, 0.3) is 0 Å². The predicted molar refractivity (Wildman–Crippen MR) is 80.7 cm³/mol. The second kappa shape index (κ2) is 8.12. The number of hydrogen-bond acceptors (Lipinski definition) is 2. The molecule has 0 aromatic heterocycles. The maximum Gasteiger partial charge on any atom is 0.326 e. The number of carboxylic acids is 1. The van der Waals surface area contributed by atoms with Gasteiger partial charge in [0.05, 0.1) is 0 Å². The molecule has 5 heteroatoms. The van der Waals surface area contributed by atoms with E-state index in [0.717, 1.165) is 19.3 Å². The van der Waals surface area contributed by atoms with Crippen molar-refractivity contribution in [1.82, 2.24) is 10.6 Å². The number of carbonyl (C=O) groups is 2. The standard InChI is InChI=1S/C15H30N2O3/c1-10(2)8-7-9-11(3)16-14(20)17-12(13(18)19)15(4,5)6/h10-12H,7-9H2,1-6H3,(H,18,19)(H2,16,17,20)/t11?,12-/m1/s1. The van der Waals surface area contributed by atoms with E-state index in [-0.39, 0.29) is 6.04 Å². The summed E-state index contributed by atoms with van der Waals surface area (Å²) in [4.78, 5) is 23.0. The van der Waals surface area contributed by atoms with E-state index < -0.39 is 23.5 Å². The maximum atomic E-state index is 11.8. The van der Waals surface area contributed by atoms with Crippen molar-refractivity contribution in [3.8, 4) is 0 Å². The molecule has 118 valence electrons. The van der Waals surface area contributed by atoms with Crippen LogP contribution in [0.15, 0.2) is 0 Å². The van der Waals surface area contributed by atoms with Gasteiger partial charge in [-0.25, -0.2) is 9.59 Å². The van der Waals surface area contributed by atoms with E-state index in [1.54, 1.807) is 20.8 Å². The summed E-state index contributed by atoms with van der Waals surface area (Å²) in [5.41, 5.74) is -0.524. The van der Waals surface area contributed by atoms with Crippen molar-refractivity contribution in [2.24, 2.45) is 11.3 Å². The lowest BCUT2D eigenvalue weighted by Crippen LogP contribution is -2.53. The molecule has 5 nitrogen and oxygen atoms in total. The Kier molecular flexibility index (Phi) is 7.61. The van der Waals surface area contributed by atoms with Gasteiger partial charge in [-0.15, -0.1) is 0 Å². The van der Waals surface area contributed by atoms with Crippen LogP contribution in [0.3, 0.4) is 0 Å². The van der Waals surface area contributed by atoms with Crippen LogP contribution in [-0.2, 0) is 4.79 Å². The van der Waals surface area contributed by atoms with E-state index in [4.69, 9.17) is 5.11 Å². The van der Waals surface area contributed by atoms with E-state index in [1.165, 1.54) is 0 Å². The Morgan fingerprint density at radius 3 is 2.00 bits per heavy atom. The summed E-state index contributed by atoms with van der Waals surface area (Å²) in [5.74, 6) is -0.353. The molecule has 3 N–H and O–H groups in total. The average Bonchev–Trinajstić information content (AvgIpc) is 2.23. The topological polar surface area (TPSA) is 78.4 Å². The highest BCUT2D eigenvalue weighted by molar-refractivity contribution is 5.83. The molecule has 0 aromatic carbocycles. The molecule has 2 amide bonds. The van der Waals surface area contributed by atoms with Gasteiger partial charge in [-0.2, -0.15) is 0 Å². The molecule has 0 fully saturated rings. The van der Waals surface area contributed by atoms with Gasteiger partial charge in [-0.1, -0.05) is 47.5 Å². The second-order valence-corrected chi connectivity index (χ2v) is 6.98. The normalized spacial score (nSPS) is 14.8. The first-order valence-electron chi connectivity index (χ1n) is 7.34. The lowest BCUT2D eigenvalue weighted by Gasteiger charge is -2.28. The molecule has 0 bridgehead atoms. The largest absolute Gasteiger partial charge is 0.480 e. The Hall–Kier alpha value is -1.26. The van der Waals surface area contributed by atoms with Crippen LogP contribution in [0.25, 0.3) is 0 Å². The number of hydrogen-bond donors (Lipinski definition) is 3. The van der Waals surface area contributed by atoms with E-state index in [2.05, 4.69) is 24.5 Å². The molecule has 0 aromatic rings. The van der Waals surface area contributed by atoms with E-state index >= 15 is 0 Å². The minimum atomic E-state index is -1.01. The highest BCUT2D eigenvalue weighted by atomic mass is 16.4. The first-order valence-corrected chi connectivity index (χ1v) is 7.34. The highest BCUT2D eigenvalue weighted by Gasteiger charge is 2.32. The molecule has 0 aliphatic carbocycles. The number of aliphatic carboxylic acids is 1. The Bertz CT molecular complexity index is 322. The monoisotopic (exact) mass is 286 g/mol. The third-order valence-corrected chi connectivity index (χ3v) is 3.18. The summed E-state index contributed by atoms with van der Waals surface area (Å²) < 4.78 is 0. The van der Waals surface area contributed by atoms with Crippen molar-refractivity contribution in [2.45, 2.75) is 72.9 Å². The van der Waals surface area contributed by atoms with Crippen LogP contribution >= 0.6 is 0 Å². The van der Waals surface area contributed by atoms with Crippen molar-refractivity contribution in [2.75, 3.05) is 0 Å². The molecular weight excluding hydrogens is 256 g/mol.